The predicted octanol–water partition coefficient (Wildman–Crippen LogP) is 7.33. The van der Waals surface area contributed by atoms with Gasteiger partial charge in [-0.15, -0.1) is 0 Å². The van der Waals surface area contributed by atoms with Crippen LogP contribution in [0, 0.1) is 107 Å². The van der Waals surface area contributed by atoms with Crippen molar-refractivity contribution in [2.24, 2.45) is 0 Å². The van der Waals surface area contributed by atoms with Gasteiger partial charge in [0, 0.05) is 205 Å². The van der Waals surface area contributed by atoms with Gasteiger partial charge in [0.15, 0.2) is 0 Å². The fourth-order valence-corrected chi connectivity index (χ4v) is 6.89. The maximum absolute atomic E-state index is 12.2. The van der Waals surface area contributed by atoms with E-state index in [-0.39, 0.29) is 152 Å². The topological polar surface area (TPSA) is 160 Å². The monoisotopic (exact) mass is 1580 g/mol. The van der Waals surface area contributed by atoms with Gasteiger partial charge in [0.05, 0.1) is 17.1 Å². The fraction of sp³-hybridized carbons (Fsp3) is 0.167. The van der Waals surface area contributed by atoms with Crippen LogP contribution in [0.3, 0.4) is 0 Å². The molecule has 0 spiro atoms. The van der Waals surface area contributed by atoms with Crippen LogP contribution in [-0.4, -0.2) is 102 Å². The Hall–Kier alpha value is -4.27. The van der Waals surface area contributed by atoms with Crippen LogP contribution >= 0.6 is 0 Å². The number of benzene rings is 3. The van der Waals surface area contributed by atoms with E-state index < -0.39 is 17.9 Å². The van der Waals surface area contributed by atoms with Crippen molar-refractivity contribution in [2.45, 2.75) is 19.6 Å². The summed E-state index contributed by atoms with van der Waals surface area (Å²) in [5.74, 6) is 15.1. The van der Waals surface area contributed by atoms with E-state index in [2.05, 4.69) is 65.2 Å². The molecule has 361 valence electrons. The normalized spacial score (nSPS) is 12.0. The average molecular weight is 1580 g/mol. The Morgan fingerprint density at radius 2 is 0.600 bits per heavy atom. The summed E-state index contributed by atoms with van der Waals surface area (Å²) in [5, 5.41) is 30.0. The zero-order valence-corrected chi connectivity index (χ0v) is 50.1. The Balaban J connectivity index is 0.00000680. The molecule has 3 aromatic carbocycles. The molecule has 1 radical (unpaired) electrons. The zero-order chi connectivity index (χ0) is 44.0. The summed E-state index contributed by atoms with van der Waals surface area (Å²) in [7, 11) is 0. The van der Waals surface area contributed by atoms with Gasteiger partial charge in [0.1, 0.15) is 17.1 Å². The summed E-state index contributed by atoms with van der Waals surface area (Å²) >= 11 is 0. The van der Waals surface area contributed by atoms with Gasteiger partial charge < -0.3 is 37.6 Å². The molecule has 0 aliphatic carbocycles. The van der Waals surface area contributed by atoms with Gasteiger partial charge in [-0.2, -0.15) is 0 Å². The largest absolute Gasteiger partial charge is 0.477 e. The first-order chi connectivity index (χ1) is 30.6. The van der Waals surface area contributed by atoms with Crippen molar-refractivity contribution in [3.8, 4) is 35.5 Å². The van der Waals surface area contributed by atoms with E-state index in [1.165, 1.54) is 18.2 Å². The van der Waals surface area contributed by atoms with Crippen LogP contribution in [0.4, 0.5) is 0 Å². The maximum Gasteiger partial charge on any atom is 0.354 e. The third-order valence-corrected chi connectivity index (χ3v) is 10.0. The van der Waals surface area contributed by atoms with Gasteiger partial charge in [-0.1, -0.05) is 90.1 Å². The minimum atomic E-state index is -1.16. The molecule has 1 aliphatic heterocycles. The minimum absolute atomic E-state index is 0. The van der Waals surface area contributed by atoms with Crippen LogP contribution in [0.25, 0.3) is 0 Å². The van der Waals surface area contributed by atoms with Crippen molar-refractivity contribution in [1.82, 2.24) is 29.7 Å². The van der Waals surface area contributed by atoms with Crippen LogP contribution in [0.1, 0.15) is 81.9 Å². The Kier molecular flexibility index (Phi) is 31.4. The number of aromatic carboxylic acids is 3. The summed E-state index contributed by atoms with van der Waals surface area (Å²) in [6.45, 7) is 4.31. The number of aromatic nitrogens is 3. The summed E-state index contributed by atoms with van der Waals surface area (Å²) in [6.07, 6.45) is 0. The standard InChI is InChI=1S/C51H42N6O6.3CH3.Eu.3W/c58-49(59)46-31-40(19-16-37-10-4-1-5-11-37)28-43(52-46)34-55-22-24-56(35-44-29-41(32-47(53-44)50(60)61)20-17-38-12-6-2-7-13-38)26-27-57(25-23-55)36-45-30-42(33-48(54-45)51(62)63)21-18-39-14-8-3-9-15-39;;;;;;;/h1-15,28-33H,22-27,34-36H2,(H,58,59)(H,60,61)(H,62,63);3*1H3;;;;/q;3*-1;;;;. The number of rotatable bonds is 9. The number of hydrogen-bond acceptors (Lipinski definition) is 9. The molecular weight excluding hydrogens is 1530 g/mol. The van der Waals surface area contributed by atoms with Crippen molar-refractivity contribution in [2.75, 3.05) is 39.3 Å². The molecule has 4 heterocycles. The first-order valence-corrected chi connectivity index (χ1v) is 20.2. The molecule has 0 atom stereocenters. The van der Waals surface area contributed by atoms with Crippen molar-refractivity contribution in [3.63, 3.8) is 0 Å². The number of pyridine rings is 3. The molecule has 70 heavy (non-hydrogen) atoms. The average Bonchev–Trinajstić information content (AvgIpc) is 3.38. The van der Waals surface area contributed by atoms with Crippen LogP contribution in [0.15, 0.2) is 127 Å². The SMILES string of the molecule is O=C(O)c1cc(C#Cc2ccccc2)cc(CN2CCN(Cc3cc(C#Cc4ccccc4)cc(C(=O)O)n3)CCN(Cc3cc(C#Cc4ccccc4)cc(C(=O)O)n3)CC2)n1.[CH3-].[CH3-].[CH3-].[Eu].[W].[W].[W]. The first-order valence-electron chi connectivity index (χ1n) is 20.2. The summed E-state index contributed by atoms with van der Waals surface area (Å²) in [6, 6.07) is 38.1. The van der Waals surface area contributed by atoms with Gasteiger partial charge in [-0.3, -0.25) is 14.7 Å². The quantitative estimate of drug-likeness (QED) is 0.0980. The molecule has 0 unspecified atom stereocenters. The molecule has 7 rings (SSSR count). The van der Waals surface area contributed by atoms with E-state index in [4.69, 9.17) is 0 Å². The fourth-order valence-electron chi connectivity index (χ4n) is 6.89. The molecule has 1 fully saturated rings. The van der Waals surface area contributed by atoms with Gasteiger partial charge in [0.2, 0.25) is 0 Å². The van der Waals surface area contributed by atoms with E-state index in [0.29, 0.717) is 92.7 Å². The van der Waals surface area contributed by atoms with Crippen molar-refractivity contribution >= 4 is 17.9 Å². The molecule has 3 aromatic heterocycles. The Bertz CT molecular complexity index is 2510. The minimum Gasteiger partial charge on any atom is -0.477 e. The number of carboxylic acid groups (broad SMARTS) is 3. The van der Waals surface area contributed by atoms with Crippen molar-refractivity contribution in [3.05, 3.63) is 217 Å². The second kappa shape index (κ2) is 33.4. The molecule has 0 saturated carbocycles. The molecule has 12 nitrogen and oxygen atoms in total. The number of nitrogens with zero attached hydrogens (tertiary/aromatic N) is 6. The van der Waals surface area contributed by atoms with E-state index in [1.54, 1.807) is 0 Å². The molecular formula is C54H51EuN6O6W3-3. The summed E-state index contributed by atoms with van der Waals surface area (Å²) in [5.41, 5.74) is 5.27. The van der Waals surface area contributed by atoms with Gasteiger partial charge >= 0.3 is 17.9 Å². The maximum atomic E-state index is 12.2. The molecule has 1 saturated heterocycles. The summed E-state index contributed by atoms with van der Waals surface area (Å²) < 4.78 is 0. The van der Waals surface area contributed by atoms with Gasteiger partial charge in [-0.25, -0.2) is 29.3 Å². The third kappa shape index (κ3) is 20.8. The predicted molar refractivity (Wildman–Crippen MR) is 256 cm³/mol. The number of carbonyl (C=O) groups is 3. The third-order valence-electron chi connectivity index (χ3n) is 10.0. The van der Waals surface area contributed by atoms with Crippen molar-refractivity contribution < 1.29 is 142 Å². The molecule has 16 heteroatoms. The van der Waals surface area contributed by atoms with E-state index in [1.807, 2.05) is 109 Å². The van der Waals surface area contributed by atoms with Crippen LogP contribution in [-0.2, 0) is 82.8 Å². The van der Waals surface area contributed by atoms with Crippen molar-refractivity contribution in [1.29, 1.82) is 0 Å². The second-order valence-corrected chi connectivity index (χ2v) is 14.8. The van der Waals surface area contributed by atoms with E-state index in [9.17, 15) is 29.7 Å². The van der Waals surface area contributed by atoms with E-state index >= 15 is 0 Å². The van der Waals surface area contributed by atoms with Crippen LogP contribution in [0.2, 0.25) is 0 Å². The molecule has 0 amide bonds. The Labute approximate surface area is 495 Å². The van der Waals surface area contributed by atoms with Gasteiger partial charge in [-0.05, 0) is 72.8 Å². The number of carboxylic acids is 3. The smallest absolute Gasteiger partial charge is 0.354 e. The van der Waals surface area contributed by atoms with Gasteiger partial charge in [0.25, 0.3) is 0 Å². The first kappa shape index (κ1) is 65.7. The number of hydrogen-bond donors (Lipinski definition) is 3. The van der Waals surface area contributed by atoms with E-state index in [0.717, 1.165) is 16.7 Å². The molecule has 6 aromatic rings. The molecule has 3 N–H and O–H groups in total. The molecule has 0 bridgehead atoms. The Morgan fingerprint density at radius 3 is 0.814 bits per heavy atom. The second-order valence-electron chi connectivity index (χ2n) is 14.8. The summed E-state index contributed by atoms with van der Waals surface area (Å²) in [4.78, 5) is 56.7. The van der Waals surface area contributed by atoms with Crippen LogP contribution in [0.5, 0.6) is 0 Å². The van der Waals surface area contributed by atoms with Crippen LogP contribution < -0.4 is 0 Å². The molecule has 1 aliphatic rings. The zero-order valence-electron chi connectivity index (χ0n) is 38.8. The Morgan fingerprint density at radius 1 is 0.386 bits per heavy atom.